The number of tetrazole rings is 1. The van der Waals surface area contributed by atoms with E-state index in [9.17, 15) is 0 Å². The topological polar surface area (TPSA) is 78.8 Å². The van der Waals surface area contributed by atoms with Crippen molar-refractivity contribution in [2.45, 2.75) is 6.42 Å². The number of methoxy groups -OCH3 is 1. The molecule has 1 heterocycles. The number of benzene rings is 1. The molecule has 90 valence electrons. The molecule has 0 aliphatic carbocycles. The molecule has 0 aliphatic heterocycles. The van der Waals surface area contributed by atoms with Gasteiger partial charge in [0, 0.05) is 11.4 Å². The molecule has 2 N–H and O–H groups in total. The molecule has 1 aromatic heterocycles. The van der Waals surface area contributed by atoms with E-state index < -0.39 is 0 Å². The Morgan fingerprint density at radius 1 is 1.47 bits per heavy atom. The smallest absolute Gasteiger partial charge is 0.176 e. The van der Waals surface area contributed by atoms with Crippen LogP contribution in [-0.2, 0) is 6.42 Å². The van der Waals surface area contributed by atoms with Gasteiger partial charge in [0.1, 0.15) is 11.4 Å². The highest BCUT2D eigenvalue weighted by Crippen LogP contribution is 2.24. The van der Waals surface area contributed by atoms with E-state index in [0.29, 0.717) is 35.2 Å². The van der Waals surface area contributed by atoms with Gasteiger partial charge in [0.05, 0.1) is 7.11 Å². The minimum Gasteiger partial charge on any atom is -0.494 e. The maximum absolute atomic E-state index is 5.93. The third-order valence-electron chi connectivity index (χ3n) is 2.18. The van der Waals surface area contributed by atoms with E-state index in [1.165, 1.54) is 4.80 Å². The molecule has 0 fully saturated rings. The van der Waals surface area contributed by atoms with Crippen molar-refractivity contribution in [1.29, 1.82) is 0 Å². The van der Waals surface area contributed by atoms with Crippen LogP contribution in [0.15, 0.2) is 18.2 Å². The number of hydrogen-bond donors (Lipinski definition) is 1. The van der Waals surface area contributed by atoms with Gasteiger partial charge < -0.3 is 10.5 Å². The van der Waals surface area contributed by atoms with Crippen LogP contribution in [0, 0.1) is 0 Å². The molecule has 2 aromatic rings. The Morgan fingerprint density at radius 2 is 2.29 bits per heavy atom. The number of nitrogens with two attached hydrogens (primary N) is 1. The molecule has 0 saturated heterocycles. The Balaban J connectivity index is 2.40. The average Bonchev–Trinajstić information content (AvgIpc) is 2.78. The molecule has 7 heteroatoms. The number of aromatic nitrogens is 4. The summed E-state index contributed by atoms with van der Waals surface area (Å²) >= 11 is 5.93. The highest BCUT2D eigenvalue weighted by molar-refractivity contribution is 6.30. The summed E-state index contributed by atoms with van der Waals surface area (Å²) in [6.07, 6.45) is 0.586. The van der Waals surface area contributed by atoms with Gasteiger partial charge in [0.2, 0.25) is 0 Å². The van der Waals surface area contributed by atoms with Crippen molar-refractivity contribution in [3.05, 3.63) is 29.0 Å². The summed E-state index contributed by atoms with van der Waals surface area (Å²) in [6.45, 7) is 0.484. The number of halogens is 1. The summed E-state index contributed by atoms with van der Waals surface area (Å²) in [5, 5.41) is 12.6. The molecule has 17 heavy (non-hydrogen) atoms. The summed E-state index contributed by atoms with van der Waals surface area (Å²) in [4.78, 5) is 1.38. The highest BCUT2D eigenvalue weighted by Gasteiger charge is 2.10. The summed E-state index contributed by atoms with van der Waals surface area (Å²) in [7, 11) is 1.57. The molecule has 0 saturated carbocycles. The average molecular weight is 254 g/mol. The molecular weight excluding hydrogens is 242 g/mol. The molecule has 6 nitrogen and oxygen atoms in total. The zero-order valence-corrected chi connectivity index (χ0v) is 10.1. The summed E-state index contributed by atoms with van der Waals surface area (Å²) < 4.78 is 5.21. The normalized spacial score (nSPS) is 10.5. The molecule has 0 atom stereocenters. The van der Waals surface area contributed by atoms with Gasteiger partial charge in [-0.05, 0) is 30.0 Å². The van der Waals surface area contributed by atoms with Gasteiger partial charge in [0.25, 0.3) is 0 Å². The van der Waals surface area contributed by atoms with Gasteiger partial charge in [-0.15, -0.1) is 15.0 Å². The zero-order valence-electron chi connectivity index (χ0n) is 9.30. The second-order valence-electron chi connectivity index (χ2n) is 3.35. The quantitative estimate of drug-likeness (QED) is 0.873. The lowest BCUT2D eigenvalue weighted by Gasteiger charge is -2.06. The van der Waals surface area contributed by atoms with Gasteiger partial charge in [-0.1, -0.05) is 11.6 Å². The van der Waals surface area contributed by atoms with Crippen LogP contribution >= 0.6 is 11.6 Å². The van der Waals surface area contributed by atoms with E-state index in [-0.39, 0.29) is 0 Å². The zero-order chi connectivity index (χ0) is 12.3. The lowest BCUT2D eigenvalue weighted by molar-refractivity contribution is 0.409. The fraction of sp³-hybridized carbons (Fsp3) is 0.300. The predicted molar refractivity (Wildman–Crippen MR) is 63.5 cm³/mol. The summed E-state index contributed by atoms with van der Waals surface area (Å²) in [5.41, 5.74) is 6.07. The van der Waals surface area contributed by atoms with E-state index in [4.69, 9.17) is 22.1 Å². The lowest BCUT2D eigenvalue weighted by Crippen LogP contribution is -2.05. The van der Waals surface area contributed by atoms with E-state index in [2.05, 4.69) is 15.4 Å². The number of nitrogens with zero attached hydrogens (tertiary/aromatic N) is 4. The molecule has 0 spiro atoms. The first-order chi connectivity index (χ1) is 8.24. The third kappa shape index (κ3) is 2.54. The van der Waals surface area contributed by atoms with E-state index in [1.807, 2.05) is 0 Å². The maximum atomic E-state index is 5.93. The van der Waals surface area contributed by atoms with Crippen molar-refractivity contribution in [2.24, 2.45) is 5.73 Å². The number of ether oxygens (including phenoxy) is 1. The van der Waals surface area contributed by atoms with E-state index in [0.717, 1.165) is 0 Å². The Hall–Kier alpha value is -1.66. The lowest BCUT2D eigenvalue weighted by atomic mass is 10.3. The standard InChI is InChI=1S/C10H12ClN5O/c1-17-9-3-2-7(11)6-8(9)16-14-10(4-5-12)13-15-16/h2-3,6H,4-5,12H2,1H3. The first kappa shape index (κ1) is 11.8. The number of hydrogen-bond acceptors (Lipinski definition) is 5. The van der Waals surface area contributed by atoms with Gasteiger partial charge in [-0.25, -0.2) is 0 Å². The van der Waals surface area contributed by atoms with Gasteiger partial charge >= 0.3 is 0 Å². The van der Waals surface area contributed by atoms with Crippen LogP contribution in [0.1, 0.15) is 5.82 Å². The van der Waals surface area contributed by atoms with Gasteiger partial charge in [-0.2, -0.15) is 0 Å². The van der Waals surface area contributed by atoms with Crippen molar-refractivity contribution < 1.29 is 4.74 Å². The largest absolute Gasteiger partial charge is 0.494 e. The minimum absolute atomic E-state index is 0.484. The maximum Gasteiger partial charge on any atom is 0.176 e. The Morgan fingerprint density at radius 3 is 3.00 bits per heavy atom. The Bertz CT molecular complexity index is 513. The van der Waals surface area contributed by atoms with Crippen LogP contribution in [0.3, 0.4) is 0 Å². The molecule has 1 aromatic carbocycles. The summed E-state index contributed by atoms with van der Waals surface area (Å²) in [5.74, 6) is 1.22. The van der Waals surface area contributed by atoms with Crippen LogP contribution in [-0.4, -0.2) is 33.9 Å². The SMILES string of the molecule is COc1ccc(Cl)cc1-n1nnc(CCN)n1. The van der Waals surface area contributed by atoms with Crippen molar-refractivity contribution in [2.75, 3.05) is 13.7 Å². The second-order valence-corrected chi connectivity index (χ2v) is 3.79. The van der Waals surface area contributed by atoms with Crippen LogP contribution in [0.5, 0.6) is 5.75 Å². The predicted octanol–water partition coefficient (Wildman–Crippen LogP) is 0.825. The monoisotopic (exact) mass is 253 g/mol. The van der Waals surface area contributed by atoms with Crippen LogP contribution in [0.2, 0.25) is 5.02 Å². The van der Waals surface area contributed by atoms with E-state index >= 15 is 0 Å². The molecule has 0 radical (unpaired) electrons. The van der Waals surface area contributed by atoms with Crippen molar-refractivity contribution in [3.63, 3.8) is 0 Å². The Labute approximate surface area is 103 Å². The van der Waals surface area contributed by atoms with E-state index in [1.54, 1.807) is 25.3 Å². The fourth-order valence-corrected chi connectivity index (χ4v) is 1.56. The highest BCUT2D eigenvalue weighted by atomic mass is 35.5. The van der Waals surface area contributed by atoms with Crippen LogP contribution < -0.4 is 10.5 Å². The summed E-state index contributed by atoms with van der Waals surface area (Å²) in [6, 6.07) is 5.21. The molecule has 0 bridgehead atoms. The first-order valence-corrected chi connectivity index (χ1v) is 5.45. The molecular formula is C10H12ClN5O. The Kier molecular flexibility index (Phi) is 3.55. The molecule has 0 amide bonds. The first-order valence-electron chi connectivity index (χ1n) is 5.07. The van der Waals surface area contributed by atoms with Gasteiger partial charge in [0.15, 0.2) is 5.82 Å². The second kappa shape index (κ2) is 5.11. The van der Waals surface area contributed by atoms with Crippen LogP contribution in [0.4, 0.5) is 0 Å². The van der Waals surface area contributed by atoms with Crippen molar-refractivity contribution in [3.8, 4) is 11.4 Å². The fourth-order valence-electron chi connectivity index (χ4n) is 1.39. The van der Waals surface area contributed by atoms with Crippen LogP contribution in [0.25, 0.3) is 5.69 Å². The molecule has 0 aliphatic rings. The molecule has 2 rings (SSSR count). The third-order valence-corrected chi connectivity index (χ3v) is 2.41. The molecule has 0 unspecified atom stereocenters. The minimum atomic E-state index is 0.484. The number of rotatable bonds is 4. The van der Waals surface area contributed by atoms with Crippen molar-refractivity contribution in [1.82, 2.24) is 20.2 Å². The van der Waals surface area contributed by atoms with Gasteiger partial charge in [-0.3, -0.25) is 0 Å². The van der Waals surface area contributed by atoms with Crippen molar-refractivity contribution >= 4 is 11.6 Å².